The highest BCUT2D eigenvalue weighted by Gasteiger charge is 2.31. The maximum atomic E-state index is 12.9. The topological polar surface area (TPSA) is 0 Å². The molecular weight excluding hydrogens is 317 g/mol. The fraction of sp³-hybridized carbons (Fsp3) is 0.579. The summed E-state index contributed by atoms with van der Waals surface area (Å²) in [6, 6.07) is 5.28. The summed E-state index contributed by atoms with van der Waals surface area (Å²) in [4.78, 5) is 0.216. The summed E-state index contributed by atoms with van der Waals surface area (Å²) in [6.07, 6.45) is 5.72. The monoisotopic (exact) mass is 340 g/mol. The number of alkyl halides is 3. The fourth-order valence-electron chi connectivity index (χ4n) is 2.73. The van der Waals surface area contributed by atoms with Gasteiger partial charge in [-0.3, -0.25) is 0 Å². The molecule has 0 unspecified atom stereocenters. The van der Waals surface area contributed by atoms with Gasteiger partial charge in [0.25, 0.3) is 0 Å². The molecule has 1 aliphatic rings. The molecule has 0 bridgehead atoms. The van der Waals surface area contributed by atoms with Gasteiger partial charge in [-0.2, -0.15) is 13.2 Å². The van der Waals surface area contributed by atoms with E-state index in [1.54, 1.807) is 12.1 Å². The van der Waals surface area contributed by atoms with Crippen molar-refractivity contribution in [1.82, 2.24) is 0 Å². The van der Waals surface area contributed by atoms with E-state index in [1.165, 1.54) is 19.3 Å². The van der Waals surface area contributed by atoms with E-state index in [0.29, 0.717) is 11.5 Å². The Kier molecular flexibility index (Phi) is 5.73. The van der Waals surface area contributed by atoms with Gasteiger partial charge in [0.15, 0.2) is 0 Å². The van der Waals surface area contributed by atoms with Crippen molar-refractivity contribution < 1.29 is 13.2 Å². The van der Waals surface area contributed by atoms with Crippen molar-refractivity contribution in [2.45, 2.75) is 68.7 Å². The smallest absolute Gasteiger partial charge is 0.160 e. The molecule has 126 valence electrons. The number of hydrogen-bond donors (Lipinski definition) is 0. The summed E-state index contributed by atoms with van der Waals surface area (Å²) in [6.45, 7) is 5.99. The molecule has 2 rings (SSSR count). The van der Waals surface area contributed by atoms with E-state index in [1.807, 2.05) is 26.8 Å². The number of benzene rings is 1. The lowest BCUT2D eigenvalue weighted by atomic mass is 9.86. The quantitative estimate of drug-likeness (QED) is 0.414. The Balaban J connectivity index is 2.31. The molecule has 0 amide bonds. The number of hydrogen-bond acceptors (Lipinski definition) is 1. The largest absolute Gasteiger partial charge is 0.446 e. The number of halogens is 3. The minimum atomic E-state index is -4.29. The molecule has 0 saturated heterocycles. The molecule has 23 heavy (non-hydrogen) atoms. The maximum Gasteiger partial charge on any atom is 0.446 e. The van der Waals surface area contributed by atoms with Gasteiger partial charge in [-0.15, -0.1) is 0 Å². The Hall–Kier alpha value is -1.08. The molecule has 0 radical (unpaired) electrons. The standard InChI is InChI=1S/C19H23F3S/c1-18(2,3)16-12-11-15(17(13-16)23-19(20,21)22)10-9-14-7-5-4-6-8-14/h11-14H,4-8H2,1-3H3. The highest BCUT2D eigenvalue weighted by molar-refractivity contribution is 8.00. The molecule has 0 N–H and O–H groups in total. The first-order valence-electron chi connectivity index (χ1n) is 8.07. The number of thioether (sulfide) groups is 1. The van der Waals surface area contributed by atoms with Crippen LogP contribution in [0.25, 0.3) is 0 Å². The summed E-state index contributed by atoms with van der Waals surface area (Å²) in [5.74, 6) is 6.53. The summed E-state index contributed by atoms with van der Waals surface area (Å²) in [7, 11) is 0. The van der Waals surface area contributed by atoms with E-state index in [9.17, 15) is 13.2 Å². The van der Waals surface area contributed by atoms with E-state index < -0.39 is 5.51 Å². The minimum Gasteiger partial charge on any atom is -0.160 e. The van der Waals surface area contributed by atoms with Crippen molar-refractivity contribution in [3.05, 3.63) is 29.3 Å². The molecule has 1 aliphatic carbocycles. The summed E-state index contributed by atoms with van der Waals surface area (Å²) in [5, 5.41) is 0. The van der Waals surface area contributed by atoms with Crippen LogP contribution in [0.15, 0.2) is 23.1 Å². The van der Waals surface area contributed by atoms with Gasteiger partial charge in [-0.25, -0.2) is 0 Å². The first-order chi connectivity index (χ1) is 10.6. The van der Waals surface area contributed by atoms with E-state index >= 15 is 0 Å². The average molecular weight is 340 g/mol. The second kappa shape index (κ2) is 7.21. The van der Waals surface area contributed by atoms with Crippen molar-refractivity contribution in [2.24, 2.45) is 5.92 Å². The van der Waals surface area contributed by atoms with Gasteiger partial charge in [-0.05, 0) is 47.7 Å². The zero-order valence-corrected chi connectivity index (χ0v) is 14.7. The third kappa shape index (κ3) is 5.80. The van der Waals surface area contributed by atoms with Crippen LogP contribution >= 0.6 is 11.8 Å². The SMILES string of the molecule is CC(C)(C)c1ccc(C#CC2CCCCC2)c(SC(F)(F)F)c1. The second-order valence-corrected chi connectivity index (χ2v) is 8.22. The summed E-state index contributed by atoms with van der Waals surface area (Å²) in [5.41, 5.74) is -3.09. The molecule has 0 heterocycles. The van der Waals surface area contributed by atoms with Crippen molar-refractivity contribution in [3.63, 3.8) is 0 Å². The summed E-state index contributed by atoms with van der Waals surface area (Å²) >= 11 is -0.0583. The van der Waals surface area contributed by atoms with Crippen LogP contribution in [0.1, 0.15) is 64.0 Å². The van der Waals surface area contributed by atoms with Crippen LogP contribution in [0.4, 0.5) is 13.2 Å². The Morgan fingerprint density at radius 2 is 1.70 bits per heavy atom. The maximum absolute atomic E-state index is 12.9. The van der Waals surface area contributed by atoms with Gasteiger partial charge >= 0.3 is 5.51 Å². The van der Waals surface area contributed by atoms with Crippen LogP contribution in [-0.2, 0) is 5.41 Å². The molecule has 0 spiro atoms. The lowest BCUT2D eigenvalue weighted by Crippen LogP contribution is -2.12. The molecule has 0 aromatic heterocycles. The normalized spacial score (nSPS) is 16.8. The van der Waals surface area contributed by atoms with Crippen LogP contribution in [0.5, 0.6) is 0 Å². The number of rotatable bonds is 1. The second-order valence-electron chi connectivity index (χ2n) is 7.11. The van der Waals surface area contributed by atoms with Crippen molar-refractivity contribution in [1.29, 1.82) is 0 Å². The average Bonchev–Trinajstić information content (AvgIpc) is 2.44. The van der Waals surface area contributed by atoms with Crippen LogP contribution in [0.2, 0.25) is 0 Å². The van der Waals surface area contributed by atoms with Gasteiger partial charge in [0, 0.05) is 16.4 Å². The predicted octanol–water partition coefficient (Wildman–Crippen LogP) is 6.53. The Morgan fingerprint density at radius 3 is 2.26 bits per heavy atom. The van der Waals surface area contributed by atoms with Crippen LogP contribution in [0.3, 0.4) is 0 Å². The summed E-state index contributed by atoms with van der Waals surface area (Å²) < 4.78 is 38.6. The third-order valence-electron chi connectivity index (χ3n) is 4.09. The van der Waals surface area contributed by atoms with Gasteiger partial charge in [-0.1, -0.05) is 57.9 Å². The first-order valence-corrected chi connectivity index (χ1v) is 8.88. The van der Waals surface area contributed by atoms with Gasteiger partial charge in [0.05, 0.1) is 0 Å². The predicted molar refractivity (Wildman–Crippen MR) is 90.5 cm³/mol. The molecular formula is C19H23F3S. The van der Waals surface area contributed by atoms with E-state index in [4.69, 9.17) is 0 Å². The van der Waals surface area contributed by atoms with Gasteiger partial charge < -0.3 is 0 Å². The minimum absolute atomic E-state index is 0.0583. The Bertz CT molecular complexity index is 594. The Morgan fingerprint density at radius 1 is 1.04 bits per heavy atom. The lowest BCUT2D eigenvalue weighted by molar-refractivity contribution is -0.0328. The van der Waals surface area contributed by atoms with E-state index in [0.717, 1.165) is 18.4 Å². The fourth-order valence-corrected chi connectivity index (χ4v) is 3.39. The van der Waals surface area contributed by atoms with Crippen LogP contribution in [-0.4, -0.2) is 5.51 Å². The lowest BCUT2D eigenvalue weighted by Gasteiger charge is -2.21. The van der Waals surface area contributed by atoms with Crippen molar-refractivity contribution in [3.8, 4) is 11.8 Å². The molecule has 4 heteroatoms. The van der Waals surface area contributed by atoms with Gasteiger partial charge in [0.2, 0.25) is 0 Å². The zero-order chi connectivity index (χ0) is 17.1. The molecule has 1 saturated carbocycles. The van der Waals surface area contributed by atoms with Crippen molar-refractivity contribution in [2.75, 3.05) is 0 Å². The third-order valence-corrected chi connectivity index (χ3v) is 4.88. The highest BCUT2D eigenvalue weighted by atomic mass is 32.2. The van der Waals surface area contributed by atoms with Gasteiger partial charge in [0.1, 0.15) is 0 Å². The zero-order valence-electron chi connectivity index (χ0n) is 13.9. The van der Waals surface area contributed by atoms with Crippen molar-refractivity contribution >= 4 is 11.8 Å². The molecule has 1 aromatic rings. The van der Waals surface area contributed by atoms with Crippen LogP contribution < -0.4 is 0 Å². The molecule has 1 fully saturated rings. The van der Waals surface area contributed by atoms with Crippen LogP contribution in [0, 0.1) is 17.8 Å². The van der Waals surface area contributed by atoms with E-state index in [2.05, 4.69) is 11.8 Å². The molecule has 0 aliphatic heterocycles. The molecule has 0 nitrogen and oxygen atoms in total. The highest BCUT2D eigenvalue weighted by Crippen LogP contribution is 2.40. The molecule has 1 aromatic carbocycles. The first kappa shape index (κ1) is 18.3. The van der Waals surface area contributed by atoms with E-state index in [-0.39, 0.29) is 22.1 Å². The molecule has 0 atom stereocenters. The Labute approximate surface area is 141 Å².